The molecule has 3 rings (SSSR count). The minimum absolute atomic E-state index is 0.0577. The van der Waals surface area contributed by atoms with Crippen LogP contribution in [0.1, 0.15) is 43.4 Å². The molecule has 7 heteroatoms. The zero-order chi connectivity index (χ0) is 22.4. The van der Waals surface area contributed by atoms with Crippen LogP contribution in [0.3, 0.4) is 0 Å². The zero-order valence-corrected chi connectivity index (χ0v) is 19.1. The van der Waals surface area contributed by atoms with E-state index in [1.165, 1.54) is 11.1 Å². The number of carbonyl (C=O) groups excluding carboxylic acids is 1. The van der Waals surface area contributed by atoms with Crippen LogP contribution in [0.25, 0.3) is 0 Å². The molecule has 31 heavy (non-hydrogen) atoms. The fraction of sp³-hybridized carbons (Fsp3) is 0.667. The first-order valence-corrected chi connectivity index (χ1v) is 11.7. The number of carboxylic acid groups (broad SMARTS) is 1. The highest BCUT2D eigenvalue weighted by Gasteiger charge is 2.31. The normalized spacial score (nSPS) is 20.0. The fourth-order valence-corrected chi connectivity index (χ4v) is 4.99. The number of rotatable bonds is 8. The molecule has 0 radical (unpaired) electrons. The van der Waals surface area contributed by atoms with Crippen molar-refractivity contribution in [2.45, 2.75) is 58.0 Å². The number of carbonyl (C=O) groups is 2. The number of piperazine rings is 1. The van der Waals surface area contributed by atoms with E-state index in [0.717, 1.165) is 70.5 Å². The summed E-state index contributed by atoms with van der Waals surface area (Å²) < 4.78 is 0. The average molecular weight is 431 g/mol. The van der Waals surface area contributed by atoms with Crippen LogP contribution in [-0.4, -0.2) is 89.6 Å². The third-order valence-electron chi connectivity index (χ3n) is 6.86. The zero-order valence-electron chi connectivity index (χ0n) is 19.1. The molecule has 0 aliphatic carbocycles. The maximum Gasteiger partial charge on any atom is 0.317 e. The lowest BCUT2D eigenvalue weighted by Gasteiger charge is -2.42. The second-order valence-corrected chi connectivity index (χ2v) is 8.88. The van der Waals surface area contributed by atoms with E-state index < -0.39 is 12.0 Å². The molecule has 1 amide bonds. The Morgan fingerprint density at radius 3 is 2.26 bits per heavy atom. The molecule has 7 nitrogen and oxygen atoms in total. The lowest BCUT2D eigenvalue weighted by molar-refractivity contribution is -0.138. The van der Waals surface area contributed by atoms with Crippen LogP contribution in [0.4, 0.5) is 0 Å². The number of nitrogens with two attached hydrogens (primary N) is 1. The van der Waals surface area contributed by atoms with Crippen LogP contribution in [0, 0.1) is 0 Å². The molecular formula is C24H38N4O3. The van der Waals surface area contributed by atoms with E-state index in [9.17, 15) is 9.59 Å². The van der Waals surface area contributed by atoms with E-state index in [0.29, 0.717) is 12.5 Å². The van der Waals surface area contributed by atoms with E-state index >= 15 is 0 Å². The van der Waals surface area contributed by atoms with Crippen LogP contribution >= 0.6 is 0 Å². The van der Waals surface area contributed by atoms with Crippen molar-refractivity contribution in [3.63, 3.8) is 0 Å². The van der Waals surface area contributed by atoms with Crippen molar-refractivity contribution < 1.29 is 14.7 Å². The highest BCUT2D eigenvalue weighted by atomic mass is 16.4. The van der Waals surface area contributed by atoms with Gasteiger partial charge in [0, 0.05) is 45.3 Å². The molecule has 1 aromatic rings. The van der Waals surface area contributed by atoms with Crippen molar-refractivity contribution in [1.29, 1.82) is 0 Å². The number of aliphatic carboxylic acids is 1. The summed E-state index contributed by atoms with van der Waals surface area (Å²) in [4.78, 5) is 30.2. The number of nitrogens with zero attached hydrogens (tertiary/aromatic N) is 3. The molecule has 2 saturated heterocycles. The lowest BCUT2D eigenvalue weighted by Crippen LogP contribution is -2.55. The number of amides is 1. The van der Waals surface area contributed by atoms with Gasteiger partial charge in [-0.2, -0.15) is 0 Å². The third kappa shape index (κ3) is 6.28. The minimum Gasteiger partial charge on any atom is -0.480 e. The second-order valence-electron chi connectivity index (χ2n) is 8.88. The number of piperidine rings is 1. The van der Waals surface area contributed by atoms with Gasteiger partial charge in [-0.15, -0.1) is 0 Å². The Hall–Kier alpha value is -1.96. The average Bonchev–Trinajstić information content (AvgIpc) is 2.78. The van der Waals surface area contributed by atoms with Gasteiger partial charge in [-0.05, 0) is 48.8 Å². The maximum absolute atomic E-state index is 12.9. The van der Waals surface area contributed by atoms with Gasteiger partial charge in [-0.1, -0.05) is 32.0 Å². The number of carboxylic acids is 1. The summed E-state index contributed by atoms with van der Waals surface area (Å²) in [7, 11) is 0. The second kappa shape index (κ2) is 11.1. The summed E-state index contributed by atoms with van der Waals surface area (Å²) in [6, 6.07) is 6.48. The van der Waals surface area contributed by atoms with Crippen LogP contribution in [0.15, 0.2) is 18.2 Å². The molecule has 2 aliphatic heterocycles. The molecule has 2 aliphatic rings. The van der Waals surface area contributed by atoms with Crippen molar-refractivity contribution in [2.24, 2.45) is 5.73 Å². The highest BCUT2D eigenvalue weighted by molar-refractivity contribution is 5.82. The third-order valence-corrected chi connectivity index (χ3v) is 6.86. The van der Waals surface area contributed by atoms with Gasteiger partial charge in [0.1, 0.15) is 0 Å². The van der Waals surface area contributed by atoms with Crippen LogP contribution in [-0.2, 0) is 28.9 Å². The Labute approximate surface area is 186 Å². The molecule has 0 bridgehead atoms. The molecule has 1 atom stereocenters. The van der Waals surface area contributed by atoms with Gasteiger partial charge >= 0.3 is 5.97 Å². The largest absolute Gasteiger partial charge is 0.480 e. The van der Waals surface area contributed by atoms with Gasteiger partial charge in [0.05, 0.1) is 12.6 Å². The number of likely N-dealkylation sites (tertiary alicyclic amines) is 1. The van der Waals surface area contributed by atoms with Gasteiger partial charge in [0.15, 0.2) is 0 Å². The molecule has 2 heterocycles. The van der Waals surface area contributed by atoms with Crippen LogP contribution < -0.4 is 5.73 Å². The summed E-state index contributed by atoms with van der Waals surface area (Å²) in [5.41, 5.74) is 10.2. The number of hydrogen-bond donors (Lipinski definition) is 2. The predicted molar refractivity (Wildman–Crippen MR) is 122 cm³/mol. The standard InChI is InChI=1S/C24H38N4O3/c1-3-19-6-5-18(15-20(19)4-2)16-22(25)24(31)28-9-7-21(8-10-28)27-13-11-26(12-14-27)17-23(29)30/h5-6,15,21-22H,3-4,7-14,16-17,25H2,1-2H3,(H,29,30)/t22-/m1/s1. The SMILES string of the molecule is CCc1ccc(C[C@@H](N)C(=O)N2CCC(N3CCN(CC(=O)O)CC3)CC2)cc1CC. The van der Waals surface area contributed by atoms with Crippen LogP contribution in [0.2, 0.25) is 0 Å². The first-order chi connectivity index (χ1) is 14.9. The van der Waals surface area contributed by atoms with Crippen molar-refractivity contribution in [3.8, 4) is 0 Å². The van der Waals surface area contributed by atoms with E-state index in [-0.39, 0.29) is 12.5 Å². The molecule has 1 aromatic carbocycles. The van der Waals surface area contributed by atoms with Crippen molar-refractivity contribution in [2.75, 3.05) is 45.8 Å². The van der Waals surface area contributed by atoms with Crippen LogP contribution in [0.5, 0.6) is 0 Å². The highest BCUT2D eigenvalue weighted by Crippen LogP contribution is 2.20. The smallest absolute Gasteiger partial charge is 0.317 e. The monoisotopic (exact) mass is 430 g/mol. The van der Waals surface area contributed by atoms with Gasteiger partial charge in [-0.3, -0.25) is 19.4 Å². The quantitative estimate of drug-likeness (QED) is 0.648. The van der Waals surface area contributed by atoms with Crippen molar-refractivity contribution in [1.82, 2.24) is 14.7 Å². The van der Waals surface area contributed by atoms with Crippen molar-refractivity contribution in [3.05, 3.63) is 34.9 Å². The van der Waals surface area contributed by atoms with Gasteiger partial charge < -0.3 is 15.7 Å². The summed E-state index contributed by atoms with van der Waals surface area (Å²) >= 11 is 0. The molecule has 0 unspecified atom stereocenters. The topological polar surface area (TPSA) is 90.1 Å². The van der Waals surface area contributed by atoms with Gasteiger partial charge in [0.2, 0.25) is 5.91 Å². The maximum atomic E-state index is 12.9. The minimum atomic E-state index is -0.760. The summed E-state index contributed by atoms with van der Waals surface area (Å²) in [6.07, 6.45) is 4.53. The van der Waals surface area contributed by atoms with E-state index in [1.54, 1.807) is 0 Å². The molecule has 0 aromatic heterocycles. The van der Waals surface area contributed by atoms with E-state index in [4.69, 9.17) is 10.8 Å². The van der Waals surface area contributed by atoms with Gasteiger partial charge in [0.25, 0.3) is 0 Å². The number of benzene rings is 1. The molecule has 172 valence electrons. The number of aryl methyl sites for hydroxylation is 2. The Bertz CT molecular complexity index is 753. The molecule has 0 spiro atoms. The summed E-state index contributed by atoms with van der Waals surface area (Å²) in [5, 5.41) is 8.95. The Balaban J connectivity index is 1.46. The predicted octanol–water partition coefficient (Wildman–Crippen LogP) is 1.37. The lowest BCUT2D eigenvalue weighted by atomic mass is 9.96. The summed E-state index contributed by atoms with van der Waals surface area (Å²) in [6.45, 7) is 9.36. The van der Waals surface area contributed by atoms with E-state index in [2.05, 4.69) is 36.9 Å². The summed E-state index contributed by atoms with van der Waals surface area (Å²) in [5.74, 6) is -0.703. The first-order valence-electron chi connectivity index (χ1n) is 11.7. The molecule has 0 saturated carbocycles. The molecular weight excluding hydrogens is 392 g/mol. The first kappa shape index (κ1) is 23.7. The Morgan fingerprint density at radius 1 is 1.03 bits per heavy atom. The Morgan fingerprint density at radius 2 is 1.68 bits per heavy atom. The fourth-order valence-electron chi connectivity index (χ4n) is 4.99. The Kier molecular flexibility index (Phi) is 8.46. The van der Waals surface area contributed by atoms with E-state index in [1.807, 2.05) is 9.80 Å². The molecule has 2 fully saturated rings. The van der Waals surface area contributed by atoms with Gasteiger partial charge in [-0.25, -0.2) is 0 Å². The van der Waals surface area contributed by atoms with Crippen molar-refractivity contribution >= 4 is 11.9 Å². The number of hydrogen-bond acceptors (Lipinski definition) is 5. The molecule has 3 N–H and O–H groups in total.